The first-order valence-corrected chi connectivity index (χ1v) is 3.86. The maximum absolute atomic E-state index is 10.6. The van der Waals surface area contributed by atoms with Crippen LogP contribution in [0.15, 0.2) is 0 Å². The third kappa shape index (κ3) is 2.48. The molecule has 0 aromatic carbocycles. The van der Waals surface area contributed by atoms with Gasteiger partial charge in [0.15, 0.2) is 0 Å². The van der Waals surface area contributed by atoms with Gasteiger partial charge in [0.25, 0.3) is 0 Å². The molecule has 2 atom stereocenters. The van der Waals surface area contributed by atoms with Crippen LogP contribution in [0.25, 0.3) is 0 Å². The molecule has 0 radical (unpaired) electrons. The van der Waals surface area contributed by atoms with Crippen molar-refractivity contribution >= 4 is 5.97 Å². The number of carbonyl (C=O) groups excluding carboxylic acids is 1. The van der Waals surface area contributed by atoms with Gasteiger partial charge in [0.05, 0.1) is 6.17 Å². The van der Waals surface area contributed by atoms with Gasteiger partial charge in [-0.1, -0.05) is 0 Å². The molecule has 0 saturated carbocycles. The summed E-state index contributed by atoms with van der Waals surface area (Å²) in [5.41, 5.74) is 5.64. The lowest BCUT2D eigenvalue weighted by Crippen LogP contribution is -2.52. The average molecular weight is 158 g/mol. The fourth-order valence-corrected chi connectivity index (χ4v) is 1.23. The Labute approximate surface area is 66.1 Å². The van der Waals surface area contributed by atoms with E-state index in [0.29, 0.717) is 0 Å². The number of rotatable bonds is 1. The van der Waals surface area contributed by atoms with Gasteiger partial charge in [-0.15, -0.1) is 0 Å². The summed E-state index contributed by atoms with van der Waals surface area (Å²) in [6.07, 6.45) is 1.56. The van der Waals surface area contributed by atoms with Crippen molar-refractivity contribution in [3.63, 3.8) is 0 Å². The molecule has 1 rings (SSSR count). The monoisotopic (exact) mass is 158 g/mol. The number of hydrogen-bond acceptors (Lipinski definition) is 4. The standard InChI is InChI=1S/C7H14N2O2/c1-5(10)11-6-3-2-4-9-7(6)8/h6-7,9H,2-4,8H2,1H3/t6-,7-/m1/s1. The van der Waals surface area contributed by atoms with Crippen molar-refractivity contribution in [1.82, 2.24) is 5.32 Å². The van der Waals surface area contributed by atoms with Gasteiger partial charge in [-0.05, 0) is 19.4 Å². The van der Waals surface area contributed by atoms with Crippen LogP contribution in [0.5, 0.6) is 0 Å². The predicted octanol–water partition coefficient (Wildman–Crippen LogP) is -0.414. The van der Waals surface area contributed by atoms with E-state index >= 15 is 0 Å². The molecular formula is C7H14N2O2. The lowest BCUT2D eigenvalue weighted by atomic mass is 10.1. The Morgan fingerprint density at radius 2 is 2.45 bits per heavy atom. The van der Waals surface area contributed by atoms with Crippen LogP contribution in [-0.4, -0.2) is 24.8 Å². The molecule has 0 spiro atoms. The molecule has 1 aliphatic rings. The number of piperidine rings is 1. The largest absolute Gasteiger partial charge is 0.459 e. The SMILES string of the molecule is CC(=O)O[C@@H]1CCCN[C@H]1N. The van der Waals surface area contributed by atoms with E-state index in [1.807, 2.05) is 0 Å². The first-order chi connectivity index (χ1) is 5.20. The summed E-state index contributed by atoms with van der Waals surface area (Å²) in [6, 6.07) is 0. The lowest BCUT2D eigenvalue weighted by Gasteiger charge is -2.28. The molecule has 0 amide bonds. The zero-order chi connectivity index (χ0) is 8.27. The second-order valence-electron chi connectivity index (χ2n) is 2.77. The van der Waals surface area contributed by atoms with Gasteiger partial charge in [-0.3, -0.25) is 10.1 Å². The fourth-order valence-electron chi connectivity index (χ4n) is 1.23. The second kappa shape index (κ2) is 3.69. The first-order valence-electron chi connectivity index (χ1n) is 3.86. The molecule has 3 N–H and O–H groups in total. The Hall–Kier alpha value is -0.610. The number of hydrogen-bond donors (Lipinski definition) is 2. The van der Waals surface area contributed by atoms with E-state index in [-0.39, 0.29) is 18.2 Å². The van der Waals surface area contributed by atoms with Gasteiger partial charge in [0.2, 0.25) is 0 Å². The first kappa shape index (κ1) is 8.49. The van der Waals surface area contributed by atoms with E-state index in [1.165, 1.54) is 6.92 Å². The van der Waals surface area contributed by atoms with Crippen LogP contribution >= 0.6 is 0 Å². The topological polar surface area (TPSA) is 64.3 Å². The van der Waals surface area contributed by atoms with Gasteiger partial charge >= 0.3 is 5.97 Å². The summed E-state index contributed by atoms with van der Waals surface area (Å²) < 4.78 is 4.98. The van der Waals surface area contributed by atoms with Crippen molar-refractivity contribution in [1.29, 1.82) is 0 Å². The molecule has 1 heterocycles. The number of esters is 1. The smallest absolute Gasteiger partial charge is 0.303 e. The zero-order valence-electron chi connectivity index (χ0n) is 6.67. The van der Waals surface area contributed by atoms with Crippen molar-refractivity contribution in [2.75, 3.05) is 6.54 Å². The molecule has 0 unspecified atom stereocenters. The van der Waals surface area contributed by atoms with Crippen LogP contribution in [0, 0.1) is 0 Å². The van der Waals surface area contributed by atoms with Crippen molar-refractivity contribution < 1.29 is 9.53 Å². The summed E-state index contributed by atoms with van der Waals surface area (Å²) >= 11 is 0. The maximum atomic E-state index is 10.6. The summed E-state index contributed by atoms with van der Waals surface area (Å²) in [7, 11) is 0. The van der Waals surface area contributed by atoms with Crippen LogP contribution < -0.4 is 11.1 Å². The van der Waals surface area contributed by atoms with Gasteiger partial charge in [0.1, 0.15) is 6.10 Å². The molecule has 0 aromatic heterocycles. The van der Waals surface area contributed by atoms with E-state index in [9.17, 15) is 4.79 Å². The quantitative estimate of drug-likeness (QED) is 0.509. The Bertz CT molecular complexity index is 149. The minimum absolute atomic E-state index is 0.138. The van der Waals surface area contributed by atoms with E-state index in [0.717, 1.165) is 19.4 Å². The molecule has 4 nitrogen and oxygen atoms in total. The Balaban J connectivity index is 2.35. The molecular weight excluding hydrogens is 144 g/mol. The van der Waals surface area contributed by atoms with Crippen LogP contribution in [-0.2, 0) is 9.53 Å². The molecule has 11 heavy (non-hydrogen) atoms. The summed E-state index contributed by atoms with van der Waals surface area (Å²) in [5, 5.41) is 3.04. The normalized spacial score (nSPS) is 31.5. The Kier molecular flexibility index (Phi) is 2.84. The van der Waals surface area contributed by atoms with E-state index in [1.54, 1.807) is 0 Å². The van der Waals surface area contributed by atoms with Crippen LogP contribution in [0.4, 0.5) is 0 Å². The van der Waals surface area contributed by atoms with Crippen LogP contribution in [0.1, 0.15) is 19.8 Å². The van der Waals surface area contributed by atoms with Crippen molar-refractivity contribution in [3.05, 3.63) is 0 Å². The Morgan fingerprint density at radius 1 is 1.73 bits per heavy atom. The molecule has 1 fully saturated rings. The number of ether oxygens (including phenoxy) is 1. The molecule has 0 aliphatic carbocycles. The van der Waals surface area contributed by atoms with Crippen molar-refractivity contribution in [2.45, 2.75) is 32.0 Å². The highest BCUT2D eigenvalue weighted by Crippen LogP contribution is 2.09. The molecule has 1 saturated heterocycles. The summed E-state index contributed by atoms with van der Waals surface area (Å²) in [5.74, 6) is -0.255. The van der Waals surface area contributed by atoms with Crippen molar-refractivity contribution in [3.8, 4) is 0 Å². The van der Waals surface area contributed by atoms with E-state index in [2.05, 4.69) is 5.32 Å². The lowest BCUT2D eigenvalue weighted by molar-refractivity contribution is -0.149. The number of carbonyl (C=O) groups is 1. The van der Waals surface area contributed by atoms with E-state index < -0.39 is 0 Å². The zero-order valence-corrected chi connectivity index (χ0v) is 6.67. The predicted molar refractivity (Wildman–Crippen MR) is 40.8 cm³/mol. The summed E-state index contributed by atoms with van der Waals surface area (Å²) in [4.78, 5) is 10.6. The Morgan fingerprint density at radius 3 is 3.00 bits per heavy atom. The third-order valence-corrected chi connectivity index (χ3v) is 1.76. The molecule has 64 valence electrons. The van der Waals surface area contributed by atoms with Gasteiger partial charge in [-0.25, -0.2) is 0 Å². The number of nitrogens with one attached hydrogen (secondary N) is 1. The van der Waals surface area contributed by atoms with Gasteiger partial charge in [-0.2, -0.15) is 0 Å². The highest BCUT2D eigenvalue weighted by Gasteiger charge is 2.23. The maximum Gasteiger partial charge on any atom is 0.303 e. The van der Waals surface area contributed by atoms with Gasteiger partial charge in [0, 0.05) is 6.92 Å². The highest BCUT2D eigenvalue weighted by atomic mass is 16.5. The summed E-state index contributed by atoms with van der Waals surface area (Å²) in [6.45, 7) is 2.32. The number of nitrogens with two attached hydrogens (primary N) is 1. The third-order valence-electron chi connectivity index (χ3n) is 1.76. The van der Waals surface area contributed by atoms with Gasteiger partial charge < -0.3 is 10.5 Å². The molecule has 4 heteroatoms. The van der Waals surface area contributed by atoms with Crippen molar-refractivity contribution in [2.24, 2.45) is 5.73 Å². The molecule has 1 aliphatic heterocycles. The second-order valence-corrected chi connectivity index (χ2v) is 2.77. The highest BCUT2D eigenvalue weighted by molar-refractivity contribution is 5.66. The molecule has 0 bridgehead atoms. The minimum Gasteiger partial charge on any atom is -0.459 e. The minimum atomic E-state index is -0.255. The van der Waals surface area contributed by atoms with Crippen LogP contribution in [0.2, 0.25) is 0 Å². The van der Waals surface area contributed by atoms with Crippen LogP contribution in [0.3, 0.4) is 0 Å². The fraction of sp³-hybridized carbons (Fsp3) is 0.857. The average Bonchev–Trinajstić information content (AvgIpc) is 1.93. The van der Waals surface area contributed by atoms with E-state index in [4.69, 9.17) is 10.5 Å². The molecule has 0 aromatic rings.